The van der Waals surface area contributed by atoms with Crippen molar-refractivity contribution in [3.05, 3.63) is 70.7 Å². The summed E-state index contributed by atoms with van der Waals surface area (Å²) in [4.78, 5) is 3.53. The van der Waals surface area contributed by atoms with Crippen molar-refractivity contribution in [2.24, 2.45) is 0 Å². The third kappa shape index (κ3) is 2.83. The summed E-state index contributed by atoms with van der Waals surface area (Å²) in [6, 6.07) is 13.8. The van der Waals surface area contributed by atoms with Crippen LogP contribution in [-0.4, -0.2) is 16.1 Å². The highest BCUT2D eigenvalue weighted by atomic mass is 19.1. The lowest BCUT2D eigenvalue weighted by atomic mass is 9.91. The van der Waals surface area contributed by atoms with Crippen LogP contribution in [0.25, 0.3) is 10.9 Å². The van der Waals surface area contributed by atoms with Gasteiger partial charge in [-0.15, -0.1) is 0 Å². The Morgan fingerprint density at radius 3 is 2.96 bits per heavy atom. The van der Waals surface area contributed by atoms with Crippen LogP contribution in [0.3, 0.4) is 0 Å². The Morgan fingerprint density at radius 2 is 2.08 bits per heavy atom. The van der Waals surface area contributed by atoms with Crippen molar-refractivity contribution in [3.8, 4) is 0 Å². The van der Waals surface area contributed by atoms with Crippen LogP contribution in [0.5, 0.6) is 0 Å². The molecule has 1 unspecified atom stereocenters. The summed E-state index contributed by atoms with van der Waals surface area (Å²) >= 11 is 0. The molecule has 1 aromatic heterocycles. The Balaban J connectivity index is 1.47. The number of para-hydroxylation sites is 1. The molecule has 0 saturated heterocycles. The van der Waals surface area contributed by atoms with Gasteiger partial charge in [0.1, 0.15) is 5.82 Å². The molecule has 0 saturated carbocycles. The number of fused-ring (bicyclic) bond motifs is 3. The van der Waals surface area contributed by atoms with Crippen LogP contribution in [0.15, 0.2) is 42.5 Å². The van der Waals surface area contributed by atoms with Gasteiger partial charge in [0.05, 0.1) is 6.61 Å². The van der Waals surface area contributed by atoms with Crippen molar-refractivity contribution in [2.75, 3.05) is 0 Å². The van der Waals surface area contributed by atoms with E-state index in [9.17, 15) is 9.50 Å². The number of aryl methyl sites for hydroxylation is 1. The number of halogens is 1. The average Bonchev–Trinajstić information content (AvgIpc) is 2.99. The highest BCUT2D eigenvalue weighted by molar-refractivity contribution is 5.84. The second-order valence-electron chi connectivity index (χ2n) is 6.53. The van der Waals surface area contributed by atoms with E-state index in [1.165, 1.54) is 28.2 Å². The van der Waals surface area contributed by atoms with Crippen LogP contribution in [0.4, 0.5) is 4.39 Å². The molecule has 0 spiro atoms. The fraction of sp³-hybridized carbons (Fsp3) is 0.300. The summed E-state index contributed by atoms with van der Waals surface area (Å²) in [5.74, 6) is -0.345. The molecule has 0 bridgehead atoms. The van der Waals surface area contributed by atoms with Crippen LogP contribution in [0, 0.1) is 5.82 Å². The van der Waals surface area contributed by atoms with Gasteiger partial charge in [0.2, 0.25) is 0 Å². The molecule has 2 aromatic carbocycles. The molecule has 3 aromatic rings. The summed E-state index contributed by atoms with van der Waals surface area (Å²) in [6.07, 6.45) is 3.15. The molecule has 0 radical (unpaired) electrons. The van der Waals surface area contributed by atoms with E-state index < -0.39 is 0 Å². The van der Waals surface area contributed by atoms with Crippen molar-refractivity contribution < 1.29 is 9.50 Å². The first-order chi connectivity index (χ1) is 11.7. The predicted octanol–water partition coefficient (Wildman–Crippen LogP) is 3.45. The van der Waals surface area contributed by atoms with Crippen LogP contribution in [0.1, 0.15) is 28.8 Å². The van der Waals surface area contributed by atoms with Crippen LogP contribution in [0.2, 0.25) is 0 Å². The third-order valence-electron chi connectivity index (χ3n) is 4.97. The zero-order valence-corrected chi connectivity index (χ0v) is 13.5. The van der Waals surface area contributed by atoms with Crippen molar-refractivity contribution >= 4 is 10.9 Å². The fourth-order valence-electron chi connectivity index (χ4n) is 3.67. The molecule has 1 atom stereocenters. The Morgan fingerprint density at radius 1 is 1.21 bits per heavy atom. The number of rotatable bonds is 4. The van der Waals surface area contributed by atoms with E-state index >= 15 is 0 Å². The summed E-state index contributed by atoms with van der Waals surface area (Å²) in [7, 11) is 0. The molecule has 0 aliphatic heterocycles. The summed E-state index contributed by atoms with van der Waals surface area (Å²) in [5, 5.41) is 14.1. The minimum Gasteiger partial charge on any atom is -0.392 e. The van der Waals surface area contributed by atoms with Gasteiger partial charge in [0, 0.05) is 34.7 Å². The number of aliphatic hydroxyl groups excluding tert-OH is 1. The quantitative estimate of drug-likeness (QED) is 0.688. The molecule has 1 heterocycles. The maximum Gasteiger partial charge on any atom is 0.128 e. The average molecular weight is 324 g/mol. The Kier molecular flexibility index (Phi) is 4.08. The SMILES string of the molecule is OCc1cc(CNC2CCc3[nH]c4ccccc4c3C2)ccc1F. The molecule has 0 amide bonds. The maximum atomic E-state index is 13.5. The second kappa shape index (κ2) is 6.38. The number of hydrogen-bond donors (Lipinski definition) is 3. The molecule has 3 nitrogen and oxygen atoms in total. The van der Waals surface area contributed by atoms with Gasteiger partial charge < -0.3 is 15.4 Å². The number of aromatic amines is 1. The molecular formula is C20H21FN2O. The van der Waals surface area contributed by atoms with Gasteiger partial charge in [-0.05, 0) is 48.6 Å². The molecule has 3 N–H and O–H groups in total. The van der Waals surface area contributed by atoms with E-state index in [0.717, 1.165) is 24.8 Å². The highest BCUT2D eigenvalue weighted by Crippen LogP contribution is 2.29. The standard InChI is InChI=1S/C20H21FN2O/c21-18-7-5-13(9-14(18)12-24)11-22-15-6-8-20-17(10-15)16-3-1-2-4-19(16)23-20/h1-5,7,9,15,22-24H,6,8,10-12H2. The third-order valence-corrected chi connectivity index (χ3v) is 4.97. The molecule has 124 valence electrons. The predicted molar refractivity (Wildman–Crippen MR) is 93.3 cm³/mol. The van der Waals surface area contributed by atoms with Crippen LogP contribution in [-0.2, 0) is 26.0 Å². The Hall–Kier alpha value is -2.17. The van der Waals surface area contributed by atoms with Gasteiger partial charge in [0.25, 0.3) is 0 Å². The minimum atomic E-state index is -0.345. The van der Waals surface area contributed by atoms with Crippen LogP contribution < -0.4 is 5.32 Å². The molecule has 4 rings (SSSR count). The summed E-state index contributed by atoms with van der Waals surface area (Å²) in [6.45, 7) is 0.428. The normalized spacial score (nSPS) is 17.2. The first kappa shape index (κ1) is 15.4. The Labute approximate surface area is 140 Å². The number of aliphatic hydroxyl groups is 1. The second-order valence-corrected chi connectivity index (χ2v) is 6.53. The lowest BCUT2D eigenvalue weighted by molar-refractivity contribution is 0.275. The smallest absolute Gasteiger partial charge is 0.128 e. The van der Waals surface area contributed by atoms with Gasteiger partial charge in [-0.25, -0.2) is 4.39 Å². The molecule has 24 heavy (non-hydrogen) atoms. The summed E-state index contributed by atoms with van der Waals surface area (Å²) < 4.78 is 13.5. The van der Waals surface area contributed by atoms with Crippen molar-refractivity contribution in [1.82, 2.24) is 10.3 Å². The van der Waals surface area contributed by atoms with E-state index in [1.54, 1.807) is 12.1 Å². The van der Waals surface area contributed by atoms with Gasteiger partial charge in [0.15, 0.2) is 0 Å². The number of nitrogens with one attached hydrogen (secondary N) is 2. The first-order valence-electron chi connectivity index (χ1n) is 8.44. The highest BCUT2D eigenvalue weighted by Gasteiger charge is 2.22. The van der Waals surface area contributed by atoms with Crippen molar-refractivity contribution in [1.29, 1.82) is 0 Å². The van der Waals surface area contributed by atoms with Gasteiger partial charge in [-0.3, -0.25) is 0 Å². The lowest BCUT2D eigenvalue weighted by Crippen LogP contribution is -2.34. The summed E-state index contributed by atoms with van der Waals surface area (Å²) in [5.41, 5.74) is 5.36. The Bertz CT molecular complexity index is 871. The van der Waals surface area contributed by atoms with E-state index in [2.05, 4.69) is 34.6 Å². The van der Waals surface area contributed by atoms with E-state index in [-0.39, 0.29) is 12.4 Å². The van der Waals surface area contributed by atoms with Crippen molar-refractivity contribution in [2.45, 2.75) is 38.5 Å². The van der Waals surface area contributed by atoms with E-state index in [4.69, 9.17) is 0 Å². The minimum absolute atomic E-state index is 0.262. The monoisotopic (exact) mass is 324 g/mol. The molecule has 4 heteroatoms. The van der Waals surface area contributed by atoms with Crippen LogP contribution >= 0.6 is 0 Å². The van der Waals surface area contributed by atoms with Gasteiger partial charge in [-0.1, -0.05) is 24.3 Å². The topological polar surface area (TPSA) is 48.0 Å². The zero-order valence-electron chi connectivity index (χ0n) is 13.5. The van der Waals surface area contributed by atoms with E-state index in [1.807, 2.05) is 0 Å². The largest absolute Gasteiger partial charge is 0.392 e. The maximum absolute atomic E-state index is 13.5. The molecular weight excluding hydrogens is 303 g/mol. The first-order valence-corrected chi connectivity index (χ1v) is 8.44. The van der Waals surface area contributed by atoms with E-state index in [0.29, 0.717) is 18.2 Å². The van der Waals surface area contributed by atoms with Gasteiger partial charge >= 0.3 is 0 Å². The molecule has 0 fully saturated rings. The number of H-pyrrole nitrogens is 1. The van der Waals surface area contributed by atoms with Gasteiger partial charge in [-0.2, -0.15) is 0 Å². The van der Waals surface area contributed by atoms with Crippen molar-refractivity contribution in [3.63, 3.8) is 0 Å². The number of aromatic nitrogens is 1. The lowest BCUT2D eigenvalue weighted by Gasteiger charge is -2.24. The fourth-order valence-corrected chi connectivity index (χ4v) is 3.67. The number of hydrogen-bond acceptors (Lipinski definition) is 2. The molecule has 1 aliphatic carbocycles. The molecule has 1 aliphatic rings. The zero-order chi connectivity index (χ0) is 16.5. The number of benzene rings is 2.